The van der Waals surface area contributed by atoms with Crippen LogP contribution >= 0.6 is 0 Å². The van der Waals surface area contributed by atoms with Gasteiger partial charge in [-0.1, -0.05) is 19.3 Å². The third-order valence-corrected chi connectivity index (χ3v) is 3.12. The Kier molecular flexibility index (Phi) is 4.34. The SMILES string of the molecule is O=[N+]([O-])OC1CCCCCCC1([N+](=O)[O-])[N+](=O)[O-]. The smallest absolute Gasteiger partial charge is 0.295 e. The lowest BCUT2D eigenvalue weighted by atomic mass is 9.89. The van der Waals surface area contributed by atoms with Crippen molar-refractivity contribution in [2.75, 3.05) is 0 Å². The maximum atomic E-state index is 11.0. The van der Waals surface area contributed by atoms with Crippen molar-refractivity contribution in [3.05, 3.63) is 30.3 Å². The Hall–Kier alpha value is -2.00. The van der Waals surface area contributed by atoms with E-state index >= 15 is 0 Å². The van der Waals surface area contributed by atoms with E-state index in [1.54, 1.807) is 0 Å². The molecule has 0 aliphatic heterocycles. The van der Waals surface area contributed by atoms with Gasteiger partial charge < -0.3 is 0 Å². The number of hydrogen-bond acceptors (Lipinski definition) is 7. The zero-order valence-corrected chi connectivity index (χ0v) is 9.52. The zero-order valence-electron chi connectivity index (χ0n) is 9.52. The Balaban J connectivity index is 3.11. The fourth-order valence-electron chi connectivity index (χ4n) is 2.19. The fraction of sp³-hybridized carbons (Fsp3) is 1.00. The summed E-state index contributed by atoms with van der Waals surface area (Å²) in [5, 5.41) is 31.2. The minimum atomic E-state index is -2.62. The minimum Gasteiger partial charge on any atom is -0.295 e. The van der Waals surface area contributed by atoms with Gasteiger partial charge in [-0.2, -0.15) is 0 Å². The van der Waals surface area contributed by atoms with Gasteiger partial charge in [0.1, 0.15) is 9.85 Å². The molecular weight excluding hydrogens is 250 g/mol. The Bertz CT molecular complexity index is 345. The minimum absolute atomic E-state index is 0.0665. The van der Waals surface area contributed by atoms with Crippen LogP contribution in [0.25, 0.3) is 0 Å². The molecule has 10 heteroatoms. The van der Waals surface area contributed by atoms with Crippen molar-refractivity contribution in [2.45, 2.75) is 50.3 Å². The van der Waals surface area contributed by atoms with Crippen LogP contribution in [-0.4, -0.2) is 26.7 Å². The lowest BCUT2D eigenvalue weighted by Crippen LogP contribution is -2.57. The van der Waals surface area contributed by atoms with Gasteiger partial charge in [-0.05, 0) is 12.8 Å². The maximum absolute atomic E-state index is 11.0. The van der Waals surface area contributed by atoms with E-state index in [2.05, 4.69) is 4.84 Å². The zero-order chi connectivity index (χ0) is 13.8. The normalized spacial score (nSPS) is 23.4. The second-order valence-electron chi connectivity index (χ2n) is 4.16. The lowest BCUT2D eigenvalue weighted by Gasteiger charge is -2.25. The second-order valence-corrected chi connectivity index (χ2v) is 4.16. The number of nitrogens with zero attached hydrogens (tertiary/aromatic N) is 3. The largest absolute Gasteiger partial charge is 0.484 e. The standard InChI is InChI=1S/C8H13N3O7/c12-9(13)8(10(14)15)6-4-2-1-3-5-7(8)18-11(16)17/h7H,1-6H2. The Morgan fingerprint density at radius 3 is 2.00 bits per heavy atom. The fourth-order valence-corrected chi connectivity index (χ4v) is 2.19. The first kappa shape index (κ1) is 14.1. The molecule has 0 aromatic heterocycles. The molecule has 0 N–H and O–H groups in total. The summed E-state index contributed by atoms with van der Waals surface area (Å²) in [6.07, 6.45) is 0.00552. The number of nitro groups is 2. The van der Waals surface area contributed by atoms with E-state index in [4.69, 9.17) is 0 Å². The average Bonchev–Trinajstić information content (AvgIpc) is 2.21. The molecule has 1 saturated carbocycles. The predicted octanol–water partition coefficient (Wildman–Crippen LogP) is 1.17. The molecule has 0 saturated heterocycles. The van der Waals surface area contributed by atoms with Crippen LogP contribution in [0.5, 0.6) is 0 Å². The van der Waals surface area contributed by atoms with Crippen LogP contribution in [0.2, 0.25) is 0 Å². The van der Waals surface area contributed by atoms with Crippen molar-refractivity contribution in [1.29, 1.82) is 0 Å². The first-order valence-corrected chi connectivity index (χ1v) is 5.51. The van der Waals surface area contributed by atoms with E-state index in [9.17, 15) is 30.3 Å². The van der Waals surface area contributed by atoms with Gasteiger partial charge in [0.05, 0.1) is 6.42 Å². The van der Waals surface area contributed by atoms with Crippen LogP contribution in [0.1, 0.15) is 38.5 Å². The van der Waals surface area contributed by atoms with Gasteiger partial charge in [0.25, 0.3) is 5.09 Å². The highest BCUT2D eigenvalue weighted by atomic mass is 17.0. The summed E-state index contributed by atoms with van der Waals surface area (Å²) < 4.78 is 0. The third kappa shape index (κ3) is 2.63. The molecule has 102 valence electrons. The summed E-state index contributed by atoms with van der Waals surface area (Å²) in [6.45, 7) is 0. The summed E-state index contributed by atoms with van der Waals surface area (Å²) in [7, 11) is 0. The highest BCUT2D eigenvalue weighted by molar-refractivity contribution is 4.80. The Labute approximate surface area is 101 Å². The molecule has 0 bridgehead atoms. The summed E-state index contributed by atoms with van der Waals surface area (Å²) in [6, 6.07) is 0. The van der Waals surface area contributed by atoms with E-state index < -0.39 is 26.7 Å². The van der Waals surface area contributed by atoms with Crippen LogP contribution in [0.3, 0.4) is 0 Å². The molecule has 0 aromatic carbocycles. The molecule has 0 aromatic rings. The van der Waals surface area contributed by atoms with Crippen LogP contribution in [0, 0.1) is 30.3 Å². The summed E-state index contributed by atoms with van der Waals surface area (Å²) in [5.74, 6) is 0. The van der Waals surface area contributed by atoms with Gasteiger partial charge >= 0.3 is 5.66 Å². The molecule has 0 spiro atoms. The van der Waals surface area contributed by atoms with E-state index in [0.29, 0.717) is 12.8 Å². The first-order valence-electron chi connectivity index (χ1n) is 5.51. The van der Waals surface area contributed by atoms with Gasteiger partial charge in [0.2, 0.25) is 6.10 Å². The summed E-state index contributed by atoms with van der Waals surface area (Å²) >= 11 is 0. The highest BCUT2D eigenvalue weighted by Crippen LogP contribution is 2.32. The molecule has 0 heterocycles. The molecule has 1 fully saturated rings. The molecule has 1 atom stereocenters. The van der Waals surface area contributed by atoms with Gasteiger partial charge in [-0.3, -0.25) is 25.1 Å². The van der Waals surface area contributed by atoms with E-state index in [1.165, 1.54) is 0 Å². The molecular formula is C8H13N3O7. The van der Waals surface area contributed by atoms with Crippen LogP contribution in [0.4, 0.5) is 0 Å². The number of hydrogen-bond donors (Lipinski definition) is 0. The monoisotopic (exact) mass is 263 g/mol. The molecule has 0 radical (unpaired) electrons. The van der Waals surface area contributed by atoms with Crippen molar-refractivity contribution in [3.8, 4) is 0 Å². The molecule has 1 aliphatic carbocycles. The van der Waals surface area contributed by atoms with Crippen molar-refractivity contribution in [1.82, 2.24) is 0 Å². The van der Waals surface area contributed by atoms with Gasteiger partial charge in [0, 0.05) is 0 Å². The highest BCUT2D eigenvalue weighted by Gasteiger charge is 2.64. The Morgan fingerprint density at radius 2 is 1.50 bits per heavy atom. The van der Waals surface area contributed by atoms with E-state index in [0.717, 1.165) is 6.42 Å². The lowest BCUT2D eigenvalue weighted by molar-refractivity contribution is -0.852. The van der Waals surface area contributed by atoms with Gasteiger partial charge in [-0.15, -0.1) is 10.1 Å². The third-order valence-electron chi connectivity index (χ3n) is 3.12. The molecule has 0 amide bonds. The molecule has 1 aliphatic rings. The topological polar surface area (TPSA) is 139 Å². The molecule has 18 heavy (non-hydrogen) atoms. The second kappa shape index (κ2) is 5.56. The quantitative estimate of drug-likeness (QED) is 0.421. The van der Waals surface area contributed by atoms with Crippen molar-refractivity contribution in [3.63, 3.8) is 0 Å². The van der Waals surface area contributed by atoms with Crippen molar-refractivity contribution in [2.24, 2.45) is 0 Å². The predicted molar refractivity (Wildman–Crippen MR) is 56.3 cm³/mol. The van der Waals surface area contributed by atoms with E-state index in [-0.39, 0.29) is 19.3 Å². The Morgan fingerprint density at radius 1 is 0.944 bits per heavy atom. The summed E-state index contributed by atoms with van der Waals surface area (Å²) in [5.41, 5.74) is -2.62. The summed E-state index contributed by atoms with van der Waals surface area (Å²) in [4.78, 5) is 34.5. The van der Waals surface area contributed by atoms with Crippen LogP contribution < -0.4 is 0 Å². The van der Waals surface area contributed by atoms with Crippen LogP contribution in [0.15, 0.2) is 0 Å². The molecule has 10 nitrogen and oxygen atoms in total. The number of rotatable bonds is 4. The molecule has 1 unspecified atom stereocenters. The molecule has 1 rings (SSSR count). The van der Waals surface area contributed by atoms with E-state index in [1.807, 2.05) is 0 Å². The average molecular weight is 263 g/mol. The van der Waals surface area contributed by atoms with Crippen molar-refractivity contribution < 1.29 is 19.8 Å². The van der Waals surface area contributed by atoms with Crippen LogP contribution in [-0.2, 0) is 4.84 Å². The van der Waals surface area contributed by atoms with Crippen molar-refractivity contribution >= 4 is 0 Å². The first-order chi connectivity index (χ1) is 8.41. The maximum Gasteiger partial charge on any atom is 0.484 e. The van der Waals surface area contributed by atoms with Gasteiger partial charge in [0.15, 0.2) is 0 Å². The van der Waals surface area contributed by atoms with Gasteiger partial charge in [-0.25, -0.2) is 0 Å².